The fraction of sp³-hybridized carbons (Fsp3) is 0.286. The van der Waals surface area contributed by atoms with Crippen molar-refractivity contribution in [1.82, 2.24) is 14.9 Å². The maximum atomic E-state index is 13.4. The van der Waals surface area contributed by atoms with Gasteiger partial charge in [0.25, 0.3) is 0 Å². The van der Waals surface area contributed by atoms with E-state index in [4.69, 9.17) is 0 Å². The van der Waals surface area contributed by atoms with Crippen molar-refractivity contribution in [3.05, 3.63) is 60.2 Å². The highest BCUT2D eigenvalue weighted by molar-refractivity contribution is 5.91. The Morgan fingerprint density at radius 2 is 1.93 bits per heavy atom. The highest BCUT2D eigenvalue weighted by Crippen LogP contribution is 2.21. The molecule has 1 atom stereocenters. The summed E-state index contributed by atoms with van der Waals surface area (Å²) in [5.74, 6) is -0.182. The average Bonchev–Trinajstić information content (AvgIpc) is 3.00. The van der Waals surface area contributed by atoms with E-state index in [1.165, 1.54) is 18.2 Å². The van der Waals surface area contributed by atoms with Crippen molar-refractivity contribution in [3.8, 4) is 0 Å². The van der Waals surface area contributed by atoms with Gasteiger partial charge in [0, 0.05) is 12.1 Å². The number of imidazole rings is 1. The molecule has 3 rings (SSSR count). The van der Waals surface area contributed by atoms with E-state index in [0.717, 1.165) is 17.5 Å². The molecule has 3 aromatic rings. The summed E-state index contributed by atoms with van der Waals surface area (Å²) in [5, 5.41) is 5.62. The van der Waals surface area contributed by atoms with E-state index >= 15 is 0 Å². The van der Waals surface area contributed by atoms with E-state index in [0.29, 0.717) is 17.9 Å². The first kappa shape index (κ1) is 19.5. The predicted molar refractivity (Wildman–Crippen MR) is 106 cm³/mol. The number of halogens is 1. The summed E-state index contributed by atoms with van der Waals surface area (Å²) >= 11 is 0. The molecule has 0 spiro atoms. The quantitative estimate of drug-likeness (QED) is 0.653. The van der Waals surface area contributed by atoms with Gasteiger partial charge in [-0.1, -0.05) is 25.1 Å². The molecule has 0 radical (unpaired) electrons. The minimum absolute atomic E-state index is 0.000345. The minimum atomic E-state index is -0.418. The first-order chi connectivity index (χ1) is 13.5. The average molecular weight is 382 g/mol. The first-order valence-corrected chi connectivity index (χ1v) is 9.28. The monoisotopic (exact) mass is 382 g/mol. The number of aromatic nitrogens is 2. The Morgan fingerprint density at radius 3 is 2.68 bits per heavy atom. The van der Waals surface area contributed by atoms with Crippen LogP contribution in [-0.4, -0.2) is 21.4 Å². The van der Waals surface area contributed by atoms with Gasteiger partial charge < -0.3 is 15.2 Å². The molecule has 0 aliphatic carbocycles. The smallest absolute Gasteiger partial charge is 0.244 e. The molecule has 7 heteroatoms. The molecule has 2 aromatic carbocycles. The molecule has 2 N–H and O–H groups in total. The van der Waals surface area contributed by atoms with Gasteiger partial charge in [0.05, 0.1) is 17.1 Å². The molecule has 28 heavy (non-hydrogen) atoms. The Balaban J connectivity index is 1.86. The fourth-order valence-corrected chi connectivity index (χ4v) is 3.11. The van der Waals surface area contributed by atoms with E-state index in [1.807, 2.05) is 38.1 Å². The van der Waals surface area contributed by atoms with Crippen LogP contribution < -0.4 is 10.6 Å². The van der Waals surface area contributed by atoms with Crippen LogP contribution in [0, 0.1) is 5.82 Å². The van der Waals surface area contributed by atoms with Crippen molar-refractivity contribution in [3.63, 3.8) is 0 Å². The summed E-state index contributed by atoms with van der Waals surface area (Å²) in [6.45, 7) is 3.78. The Hall–Kier alpha value is -3.22. The molecular formula is C21H23FN4O2. The maximum absolute atomic E-state index is 13.4. The van der Waals surface area contributed by atoms with Crippen molar-refractivity contribution in [2.75, 3.05) is 5.32 Å². The molecule has 0 bridgehead atoms. The van der Waals surface area contributed by atoms with Gasteiger partial charge in [-0.05, 0) is 43.7 Å². The molecular weight excluding hydrogens is 359 g/mol. The van der Waals surface area contributed by atoms with E-state index in [1.54, 1.807) is 10.6 Å². The normalized spacial score (nSPS) is 12.0. The molecule has 0 saturated heterocycles. The van der Waals surface area contributed by atoms with Crippen LogP contribution in [0.15, 0.2) is 48.5 Å². The second-order valence-corrected chi connectivity index (χ2v) is 6.64. The zero-order chi connectivity index (χ0) is 20.1. The van der Waals surface area contributed by atoms with E-state index in [-0.39, 0.29) is 24.4 Å². The number of benzene rings is 2. The summed E-state index contributed by atoms with van der Waals surface area (Å²) < 4.78 is 15.1. The number of nitrogens with one attached hydrogen (secondary N) is 2. The van der Waals surface area contributed by atoms with Gasteiger partial charge in [-0.15, -0.1) is 0 Å². The van der Waals surface area contributed by atoms with Gasteiger partial charge in [-0.2, -0.15) is 0 Å². The van der Waals surface area contributed by atoms with Crippen LogP contribution in [0.2, 0.25) is 0 Å². The number of para-hydroxylation sites is 2. The number of amides is 2. The maximum Gasteiger partial charge on any atom is 0.244 e. The Kier molecular flexibility index (Phi) is 6.03. The number of hydrogen-bond acceptors (Lipinski definition) is 3. The van der Waals surface area contributed by atoms with Crippen molar-refractivity contribution in [2.45, 2.75) is 39.3 Å². The number of fused-ring (bicyclic) bond motifs is 1. The largest absolute Gasteiger partial charge is 0.346 e. The van der Waals surface area contributed by atoms with Gasteiger partial charge in [0.1, 0.15) is 18.2 Å². The van der Waals surface area contributed by atoms with Crippen LogP contribution in [0.1, 0.15) is 38.6 Å². The number of rotatable bonds is 7. The topological polar surface area (TPSA) is 76.0 Å². The summed E-state index contributed by atoms with van der Waals surface area (Å²) in [5.41, 5.74) is 1.93. The summed E-state index contributed by atoms with van der Waals surface area (Å²) in [6, 6.07) is 12.9. The lowest BCUT2D eigenvalue weighted by Gasteiger charge is -2.16. The number of hydrogen-bond donors (Lipinski definition) is 2. The number of carbonyl (C=O) groups excluding carboxylic acids is 2. The predicted octanol–water partition coefficient (Wildman–Crippen LogP) is 3.79. The zero-order valence-corrected chi connectivity index (χ0v) is 15.9. The molecule has 146 valence electrons. The van der Waals surface area contributed by atoms with Crippen LogP contribution in [-0.2, 0) is 16.1 Å². The van der Waals surface area contributed by atoms with Crippen LogP contribution in [0.5, 0.6) is 0 Å². The van der Waals surface area contributed by atoms with Crippen LogP contribution in [0.25, 0.3) is 11.0 Å². The van der Waals surface area contributed by atoms with Crippen molar-refractivity contribution >= 4 is 28.5 Å². The van der Waals surface area contributed by atoms with Crippen LogP contribution >= 0.6 is 0 Å². The Labute approximate surface area is 162 Å². The third-order valence-electron chi connectivity index (χ3n) is 4.34. The number of anilines is 1. The lowest BCUT2D eigenvalue weighted by Crippen LogP contribution is -2.29. The number of nitrogens with zero attached hydrogens (tertiary/aromatic N) is 2. The molecule has 2 amide bonds. The zero-order valence-electron chi connectivity index (χ0n) is 15.9. The van der Waals surface area contributed by atoms with Crippen LogP contribution in [0.3, 0.4) is 0 Å². The highest BCUT2D eigenvalue weighted by Gasteiger charge is 2.20. The molecule has 0 aliphatic rings. The van der Waals surface area contributed by atoms with Crippen LogP contribution in [0.4, 0.5) is 10.1 Å². The second kappa shape index (κ2) is 8.65. The molecule has 6 nitrogen and oxygen atoms in total. The van der Waals surface area contributed by atoms with E-state index < -0.39 is 5.82 Å². The summed E-state index contributed by atoms with van der Waals surface area (Å²) in [7, 11) is 0. The standard InChI is InChI=1S/C21H23FN4O2/c1-3-7-19(27)23-14(2)21-25-17-10-4-5-11-18(17)26(21)13-20(28)24-16-9-6-8-15(22)12-16/h4-6,8-12,14H,3,7,13H2,1-2H3,(H,23,27)(H,24,28). The van der Waals surface area contributed by atoms with E-state index in [9.17, 15) is 14.0 Å². The van der Waals surface area contributed by atoms with Crippen molar-refractivity contribution in [2.24, 2.45) is 0 Å². The SMILES string of the molecule is CCCC(=O)NC(C)c1nc2ccccc2n1CC(=O)Nc1cccc(F)c1. The fourth-order valence-electron chi connectivity index (χ4n) is 3.11. The molecule has 0 saturated carbocycles. The minimum Gasteiger partial charge on any atom is -0.346 e. The Bertz CT molecular complexity index is 999. The molecule has 1 heterocycles. The second-order valence-electron chi connectivity index (χ2n) is 6.64. The lowest BCUT2D eigenvalue weighted by molar-refractivity contribution is -0.121. The van der Waals surface area contributed by atoms with Gasteiger partial charge in [0.2, 0.25) is 11.8 Å². The van der Waals surface area contributed by atoms with Gasteiger partial charge in [-0.25, -0.2) is 9.37 Å². The molecule has 0 aliphatic heterocycles. The lowest BCUT2D eigenvalue weighted by atomic mass is 10.2. The van der Waals surface area contributed by atoms with Crippen molar-refractivity contribution in [1.29, 1.82) is 0 Å². The molecule has 1 unspecified atom stereocenters. The van der Waals surface area contributed by atoms with Crippen molar-refractivity contribution < 1.29 is 14.0 Å². The van der Waals surface area contributed by atoms with E-state index in [2.05, 4.69) is 15.6 Å². The van der Waals surface area contributed by atoms with Gasteiger partial charge >= 0.3 is 0 Å². The first-order valence-electron chi connectivity index (χ1n) is 9.28. The third kappa shape index (κ3) is 4.54. The van der Waals surface area contributed by atoms with Gasteiger partial charge in [-0.3, -0.25) is 9.59 Å². The Morgan fingerprint density at radius 1 is 1.14 bits per heavy atom. The molecule has 1 aromatic heterocycles. The summed E-state index contributed by atoms with van der Waals surface area (Å²) in [6.07, 6.45) is 1.19. The summed E-state index contributed by atoms with van der Waals surface area (Å²) in [4.78, 5) is 29.2. The number of carbonyl (C=O) groups is 2. The molecule has 0 fully saturated rings. The highest BCUT2D eigenvalue weighted by atomic mass is 19.1. The van der Waals surface area contributed by atoms with Gasteiger partial charge in [0.15, 0.2) is 0 Å². The third-order valence-corrected chi connectivity index (χ3v) is 4.34.